The molecule has 1 aliphatic carbocycles. The molecule has 1 fully saturated rings. The minimum absolute atomic E-state index is 0.0332. The predicted octanol–water partition coefficient (Wildman–Crippen LogP) is 8.48. The molecule has 3 aromatic carbocycles. The van der Waals surface area contributed by atoms with Crippen molar-refractivity contribution in [1.29, 1.82) is 0 Å². The molecule has 0 N–H and O–H groups in total. The highest BCUT2D eigenvalue weighted by Crippen LogP contribution is 2.42. The van der Waals surface area contributed by atoms with Crippen LogP contribution in [-0.4, -0.2) is 6.61 Å². The first-order valence-corrected chi connectivity index (χ1v) is 11.6. The number of halogens is 3. The molecule has 0 radical (unpaired) electrons. The van der Waals surface area contributed by atoms with Crippen LogP contribution in [0.2, 0.25) is 0 Å². The second kappa shape index (κ2) is 10.3. The van der Waals surface area contributed by atoms with Crippen molar-refractivity contribution in [3.05, 3.63) is 101 Å². The van der Waals surface area contributed by atoms with Gasteiger partial charge in [-0.05, 0) is 79.7 Å². The summed E-state index contributed by atoms with van der Waals surface area (Å²) in [6.07, 6.45) is 5.49. The van der Waals surface area contributed by atoms with Crippen LogP contribution in [0.15, 0.2) is 67.3 Å². The molecular weight excluding hydrogens is 421 g/mol. The second-order valence-corrected chi connectivity index (χ2v) is 8.86. The number of benzene rings is 3. The van der Waals surface area contributed by atoms with Gasteiger partial charge in [-0.15, -0.1) is 6.58 Å². The summed E-state index contributed by atoms with van der Waals surface area (Å²) in [7, 11) is 0. The van der Waals surface area contributed by atoms with Gasteiger partial charge in [0.2, 0.25) is 0 Å². The van der Waals surface area contributed by atoms with Gasteiger partial charge >= 0.3 is 0 Å². The Morgan fingerprint density at radius 1 is 0.879 bits per heavy atom. The van der Waals surface area contributed by atoms with E-state index in [-0.39, 0.29) is 29.0 Å². The van der Waals surface area contributed by atoms with Crippen molar-refractivity contribution in [2.24, 2.45) is 0 Å². The molecule has 4 heteroatoms. The van der Waals surface area contributed by atoms with Crippen LogP contribution in [0.25, 0.3) is 11.1 Å². The third kappa shape index (κ3) is 5.16. The van der Waals surface area contributed by atoms with Crippen LogP contribution in [0.4, 0.5) is 13.2 Å². The normalized spacial score (nSPS) is 18.2. The van der Waals surface area contributed by atoms with Gasteiger partial charge in [0, 0.05) is 5.56 Å². The second-order valence-electron chi connectivity index (χ2n) is 8.86. The Morgan fingerprint density at radius 3 is 2.24 bits per heavy atom. The number of ether oxygens (including phenoxy) is 1. The predicted molar refractivity (Wildman–Crippen MR) is 127 cm³/mol. The van der Waals surface area contributed by atoms with Gasteiger partial charge in [0.1, 0.15) is 0 Å². The Morgan fingerprint density at radius 2 is 1.58 bits per heavy atom. The van der Waals surface area contributed by atoms with Gasteiger partial charge in [-0.1, -0.05) is 54.1 Å². The fraction of sp³-hybridized carbons (Fsp3) is 0.310. The quantitative estimate of drug-likeness (QED) is 0.259. The maximum absolute atomic E-state index is 15.0. The van der Waals surface area contributed by atoms with Crippen molar-refractivity contribution >= 4 is 0 Å². The maximum Gasteiger partial charge on any atom is 0.166 e. The highest BCUT2D eigenvalue weighted by molar-refractivity contribution is 5.65. The maximum atomic E-state index is 15.0. The topological polar surface area (TPSA) is 9.23 Å². The highest BCUT2D eigenvalue weighted by atomic mass is 19.2. The molecule has 1 nitrogen and oxygen atoms in total. The first kappa shape index (κ1) is 23.2. The van der Waals surface area contributed by atoms with E-state index in [9.17, 15) is 8.78 Å². The zero-order valence-corrected chi connectivity index (χ0v) is 18.9. The van der Waals surface area contributed by atoms with Crippen molar-refractivity contribution in [3.63, 3.8) is 0 Å². The molecule has 0 amide bonds. The molecule has 1 aliphatic rings. The summed E-state index contributed by atoms with van der Waals surface area (Å²) in [5.74, 6) is -1.47. The lowest BCUT2D eigenvalue weighted by molar-refractivity contribution is 0.307. The smallest absolute Gasteiger partial charge is 0.166 e. The summed E-state index contributed by atoms with van der Waals surface area (Å²) in [5, 5.41) is 0. The van der Waals surface area contributed by atoms with Crippen LogP contribution >= 0.6 is 0 Å². The number of aryl methyl sites for hydroxylation is 1. The fourth-order valence-corrected chi connectivity index (χ4v) is 4.71. The SMILES string of the molecule is C=CCCOc1ccc(C2CCC(c3ccc(-c4ccc(C)cc4)c(F)c3F)CC2)cc1F. The van der Waals surface area contributed by atoms with E-state index in [1.807, 2.05) is 37.3 Å². The van der Waals surface area contributed by atoms with E-state index in [2.05, 4.69) is 6.58 Å². The minimum Gasteiger partial charge on any atom is -0.490 e. The number of hydrogen-bond donors (Lipinski definition) is 0. The van der Waals surface area contributed by atoms with Gasteiger partial charge < -0.3 is 4.74 Å². The van der Waals surface area contributed by atoms with Gasteiger partial charge in [-0.25, -0.2) is 13.2 Å². The highest BCUT2D eigenvalue weighted by Gasteiger charge is 2.27. The Labute approximate surface area is 193 Å². The first-order valence-electron chi connectivity index (χ1n) is 11.6. The molecule has 0 bridgehead atoms. The van der Waals surface area contributed by atoms with Crippen LogP contribution in [0.5, 0.6) is 5.75 Å². The Hall–Kier alpha value is -3.01. The standard InChI is InChI=1S/C29H29F3O/c1-3-4-17-33-27-16-13-23(18-26(27)30)20-9-11-22(12-10-20)25-15-14-24(28(31)29(25)32)21-7-5-19(2)6-8-21/h3,5-8,13-16,18,20,22H,1,4,9-12,17H2,2H3. The molecule has 33 heavy (non-hydrogen) atoms. The molecule has 0 unspecified atom stereocenters. The average Bonchev–Trinajstić information content (AvgIpc) is 2.83. The lowest BCUT2D eigenvalue weighted by Gasteiger charge is -2.29. The van der Waals surface area contributed by atoms with Crippen LogP contribution in [0, 0.1) is 24.4 Å². The molecule has 0 spiro atoms. The van der Waals surface area contributed by atoms with Gasteiger partial charge in [0.15, 0.2) is 23.2 Å². The first-order chi connectivity index (χ1) is 16.0. The zero-order valence-electron chi connectivity index (χ0n) is 18.9. The molecule has 0 saturated heterocycles. The molecule has 3 aromatic rings. The van der Waals surface area contributed by atoms with Crippen molar-refractivity contribution in [1.82, 2.24) is 0 Å². The zero-order chi connectivity index (χ0) is 23.4. The summed E-state index contributed by atoms with van der Waals surface area (Å²) < 4.78 is 49.8. The van der Waals surface area contributed by atoms with Crippen molar-refractivity contribution in [2.45, 2.75) is 50.9 Å². The van der Waals surface area contributed by atoms with Crippen molar-refractivity contribution in [3.8, 4) is 16.9 Å². The summed E-state index contributed by atoms with van der Waals surface area (Å²) in [6.45, 7) is 5.99. The van der Waals surface area contributed by atoms with Gasteiger partial charge in [0.25, 0.3) is 0 Å². The summed E-state index contributed by atoms with van der Waals surface area (Å²) in [6, 6.07) is 16.0. The molecule has 4 rings (SSSR count). The Bertz CT molecular complexity index is 1110. The largest absolute Gasteiger partial charge is 0.490 e. The Balaban J connectivity index is 1.43. The molecule has 0 atom stereocenters. The third-order valence-corrected chi connectivity index (χ3v) is 6.65. The van der Waals surface area contributed by atoms with E-state index >= 15 is 4.39 Å². The third-order valence-electron chi connectivity index (χ3n) is 6.65. The molecular formula is C29H29F3O. The van der Waals surface area contributed by atoms with E-state index in [1.54, 1.807) is 30.3 Å². The number of rotatable bonds is 7. The van der Waals surface area contributed by atoms with Crippen LogP contribution in [0.3, 0.4) is 0 Å². The van der Waals surface area contributed by atoms with E-state index < -0.39 is 11.6 Å². The van der Waals surface area contributed by atoms with Gasteiger partial charge in [-0.2, -0.15) is 0 Å². The summed E-state index contributed by atoms with van der Waals surface area (Å²) >= 11 is 0. The van der Waals surface area contributed by atoms with E-state index in [0.717, 1.165) is 36.8 Å². The van der Waals surface area contributed by atoms with Crippen molar-refractivity contribution < 1.29 is 17.9 Å². The molecule has 1 saturated carbocycles. The van der Waals surface area contributed by atoms with Crippen LogP contribution in [-0.2, 0) is 0 Å². The molecule has 0 heterocycles. The average molecular weight is 451 g/mol. The molecule has 172 valence electrons. The Kier molecular flexibility index (Phi) is 7.22. The monoisotopic (exact) mass is 450 g/mol. The van der Waals surface area contributed by atoms with E-state index in [0.29, 0.717) is 24.2 Å². The molecule has 0 aliphatic heterocycles. The molecule has 0 aromatic heterocycles. The van der Waals surface area contributed by atoms with Gasteiger partial charge in [-0.3, -0.25) is 0 Å². The minimum atomic E-state index is -0.785. The summed E-state index contributed by atoms with van der Waals surface area (Å²) in [4.78, 5) is 0. The number of hydrogen-bond acceptors (Lipinski definition) is 1. The van der Waals surface area contributed by atoms with Crippen LogP contribution in [0.1, 0.15) is 60.6 Å². The van der Waals surface area contributed by atoms with Gasteiger partial charge in [0.05, 0.1) is 6.61 Å². The van der Waals surface area contributed by atoms with E-state index in [4.69, 9.17) is 4.74 Å². The van der Waals surface area contributed by atoms with Crippen molar-refractivity contribution in [2.75, 3.05) is 6.61 Å². The summed E-state index contributed by atoms with van der Waals surface area (Å²) in [5.41, 5.74) is 3.41. The fourth-order valence-electron chi connectivity index (χ4n) is 4.71. The lowest BCUT2D eigenvalue weighted by Crippen LogP contribution is -2.14. The van der Waals surface area contributed by atoms with Crippen LogP contribution < -0.4 is 4.74 Å². The lowest BCUT2D eigenvalue weighted by atomic mass is 9.76. The van der Waals surface area contributed by atoms with E-state index in [1.165, 1.54) is 0 Å².